The first-order chi connectivity index (χ1) is 8.63. The van der Waals surface area contributed by atoms with Crippen molar-refractivity contribution < 1.29 is 0 Å². The summed E-state index contributed by atoms with van der Waals surface area (Å²) in [7, 11) is 0. The lowest BCUT2D eigenvalue weighted by molar-refractivity contribution is 1.34. The monoisotopic (exact) mass is 257 g/mol. The molecule has 0 atom stereocenters. The molecule has 3 aromatic rings. The minimum Gasteiger partial charge on any atom is -0.399 e. The van der Waals surface area contributed by atoms with Crippen LogP contribution >= 0.6 is 11.6 Å². The van der Waals surface area contributed by atoms with Crippen LogP contribution in [0.15, 0.2) is 36.4 Å². The standard InChI is InChI=1S/C14H12ClN3/c1-8-6-12-13(7-11(8)15)18-14(17-12)9-2-4-10(16)5-3-9/h2-7H,16H2,1H3,(H,17,18). The summed E-state index contributed by atoms with van der Waals surface area (Å²) < 4.78 is 0. The first-order valence-corrected chi connectivity index (χ1v) is 6.03. The van der Waals surface area contributed by atoms with Crippen LogP contribution in [0.3, 0.4) is 0 Å². The molecule has 0 saturated carbocycles. The quantitative estimate of drug-likeness (QED) is 0.652. The van der Waals surface area contributed by atoms with Gasteiger partial charge in [-0.15, -0.1) is 0 Å². The number of H-pyrrole nitrogens is 1. The number of halogens is 1. The number of aromatic amines is 1. The number of rotatable bonds is 1. The maximum atomic E-state index is 6.09. The van der Waals surface area contributed by atoms with Crippen LogP contribution in [0.5, 0.6) is 0 Å². The Labute approximate surface area is 110 Å². The van der Waals surface area contributed by atoms with Crippen molar-refractivity contribution in [2.24, 2.45) is 0 Å². The fourth-order valence-electron chi connectivity index (χ4n) is 1.92. The number of aryl methyl sites for hydroxylation is 1. The number of imidazole rings is 1. The molecule has 0 aliphatic carbocycles. The molecule has 3 rings (SSSR count). The first-order valence-electron chi connectivity index (χ1n) is 5.65. The Hall–Kier alpha value is -2.00. The van der Waals surface area contributed by atoms with Gasteiger partial charge in [-0.3, -0.25) is 0 Å². The minimum atomic E-state index is 0.734. The fourth-order valence-corrected chi connectivity index (χ4v) is 2.08. The third kappa shape index (κ3) is 1.83. The molecule has 0 radical (unpaired) electrons. The van der Waals surface area contributed by atoms with Crippen molar-refractivity contribution in [3.63, 3.8) is 0 Å². The van der Waals surface area contributed by atoms with E-state index in [0.717, 1.165) is 38.7 Å². The predicted molar refractivity (Wildman–Crippen MR) is 75.7 cm³/mol. The molecule has 0 saturated heterocycles. The molecule has 0 spiro atoms. The topological polar surface area (TPSA) is 54.7 Å². The van der Waals surface area contributed by atoms with E-state index < -0.39 is 0 Å². The average Bonchev–Trinajstić information content (AvgIpc) is 2.73. The fraction of sp³-hybridized carbons (Fsp3) is 0.0714. The summed E-state index contributed by atoms with van der Waals surface area (Å²) in [6, 6.07) is 11.5. The highest BCUT2D eigenvalue weighted by Crippen LogP contribution is 2.25. The van der Waals surface area contributed by atoms with E-state index in [9.17, 15) is 0 Å². The summed E-state index contributed by atoms with van der Waals surface area (Å²) in [5.74, 6) is 0.826. The molecule has 4 heteroatoms. The van der Waals surface area contributed by atoms with Crippen LogP contribution in [0.4, 0.5) is 5.69 Å². The van der Waals surface area contributed by atoms with Gasteiger partial charge in [0.2, 0.25) is 0 Å². The van der Waals surface area contributed by atoms with Crippen molar-refractivity contribution in [1.82, 2.24) is 9.97 Å². The van der Waals surface area contributed by atoms with Crippen molar-refractivity contribution in [3.8, 4) is 11.4 Å². The first kappa shape index (κ1) is 11.1. The second-order valence-electron chi connectivity index (χ2n) is 4.33. The van der Waals surface area contributed by atoms with Crippen LogP contribution in [0.1, 0.15) is 5.56 Å². The Morgan fingerprint density at radius 3 is 2.61 bits per heavy atom. The Morgan fingerprint density at radius 2 is 1.89 bits per heavy atom. The average molecular weight is 258 g/mol. The molecule has 1 heterocycles. The molecule has 0 bridgehead atoms. The summed E-state index contributed by atoms with van der Waals surface area (Å²) in [6.45, 7) is 1.98. The number of nitrogens with one attached hydrogen (secondary N) is 1. The summed E-state index contributed by atoms with van der Waals surface area (Å²) in [6.07, 6.45) is 0. The number of benzene rings is 2. The van der Waals surface area contributed by atoms with Gasteiger partial charge in [-0.1, -0.05) is 11.6 Å². The summed E-state index contributed by atoms with van der Waals surface area (Å²) >= 11 is 6.09. The number of hydrogen-bond donors (Lipinski definition) is 2. The largest absolute Gasteiger partial charge is 0.399 e. The van der Waals surface area contributed by atoms with E-state index >= 15 is 0 Å². The normalized spacial score (nSPS) is 11.0. The van der Waals surface area contributed by atoms with Crippen molar-refractivity contribution >= 4 is 28.3 Å². The van der Waals surface area contributed by atoms with Crippen molar-refractivity contribution in [1.29, 1.82) is 0 Å². The van der Waals surface area contributed by atoms with Gasteiger partial charge < -0.3 is 10.7 Å². The number of nitrogens with two attached hydrogens (primary N) is 1. The van der Waals surface area contributed by atoms with E-state index in [2.05, 4.69) is 9.97 Å². The molecule has 18 heavy (non-hydrogen) atoms. The van der Waals surface area contributed by atoms with E-state index in [4.69, 9.17) is 17.3 Å². The number of hydrogen-bond acceptors (Lipinski definition) is 2. The van der Waals surface area contributed by atoms with Gasteiger partial charge >= 0.3 is 0 Å². The van der Waals surface area contributed by atoms with Crippen LogP contribution in [0.2, 0.25) is 5.02 Å². The van der Waals surface area contributed by atoms with Gasteiger partial charge in [0.1, 0.15) is 5.82 Å². The van der Waals surface area contributed by atoms with Crippen LogP contribution in [-0.2, 0) is 0 Å². The molecule has 0 aliphatic rings. The molecule has 0 unspecified atom stereocenters. The van der Waals surface area contributed by atoms with E-state index in [1.54, 1.807) is 0 Å². The number of fused-ring (bicyclic) bond motifs is 1. The van der Waals surface area contributed by atoms with Crippen molar-refractivity contribution in [2.45, 2.75) is 6.92 Å². The highest BCUT2D eigenvalue weighted by atomic mass is 35.5. The zero-order chi connectivity index (χ0) is 12.7. The number of nitrogen functional groups attached to an aromatic ring is 1. The maximum Gasteiger partial charge on any atom is 0.138 e. The molecule has 0 amide bonds. The Kier molecular flexibility index (Phi) is 2.49. The highest BCUT2D eigenvalue weighted by molar-refractivity contribution is 6.32. The van der Waals surface area contributed by atoms with E-state index in [1.165, 1.54) is 0 Å². The second-order valence-corrected chi connectivity index (χ2v) is 4.73. The van der Waals surface area contributed by atoms with E-state index in [-0.39, 0.29) is 0 Å². The lowest BCUT2D eigenvalue weighted by Crippen LogP contribution is -1.84. The van der Waals surface area contributed by atoms with Crippen molar-refractivity contribution in [2.75, 3.05) is 5.73 Å². The van der Waals surface area contributed by atoms with Gasteiger partial charge in [-0.25, -0.2) is 4.98 Å². The van der Waals surface area contributed by atoms with Gasteiger partial charge in [-0.2, -0.15) is 0 Å². The number of nitrogens with zero attached hydrogens (tertiary/aromatic N) is 1. The molecule has 1 aromatic heterocycles. The maximum absolute atomic E-state index is 6.09. The van der Waals surface area contributed by atoms with Gasteiger partial charge in [0.15, 0.2) is 0 Å². The molecule has 0 aliphatic heterocycles. The Balaban J connectivity index is 2.16. The molecular formula is C14H12ClN3. The lowest BCUT2D eigenvalue weighted by Gasteiger charge is -1.96. The van der Waals surface area contributed by atoms with Gasteiger partial charge in [0.05, 0.1) is 11.0 Å². The van der Waals surface area contributed by atoms with Crippen LogP contribution in [0.25, 0.3) is 22.4 Å². The highest BCUT2D eigenvalue weighted by Gasteiger charge is 2.07. The summed E-state index contributed by atoms with van der Waals surface area (Å²) in [5.41, 5.74) is 10.3. The predicted octanol–water partition coefficient (Wildman–Crippen LogP) is 3.77. The second kappa shape index (κ2) is 4.03. The molecule has 2 aromatic carbocycles. The Bertz CT molecular complexity index is 675. The third-order valence-corrected chi connectivity index (χ3v) is 3.35. The van der Waals surface area contributed by atoms with Crippen LogP contribution in [0, 0.1) is 6.92 Å². The third-order valence-electron chi connectivity index (χ3n) is 2.95. The lowest BCUT2D eigenvalue weighted by atomic mass is 10.2. The van der Waals surface area contributed by atoms with Gasteiger partial charge in [0, 0.05) is 16.3 Å². The van der Waals surface area contributed by atoms with Crippen molar-refractivity contribution in [3.05, 3.63) is 47.0 Å². The van der Waals surface area contributed by atoms with E-state index in [0.29, 0.717) is 0 Å². The molecular weight excluding hydrogens is 246 g/mol. The number of aromatic nitrogens is 2. The van der Waals surface area contributed by atoms with Gasteiger partial charge in [0.25, 0.3) is 0 Å². The molecule has 3 N–H and O–H groups in total. The van der Waals surface area contributed by atoms with Crippen LogP contribution < -0.4 is 5.73 Å². The SMILES string of the molecule is Cc1cc2[nH]c(-c3ccc(N)cc3)nc2cc1Cl. The molecule has 90 valence electrons. The summed E-state index contributed by atoms with van der Waals surface area (Å²) in [4.78, 5) is 7.82. The number of anilines is 1. The minimum absolute atomic E-state index is 0.734. The van der Waals surface area contributed by atoms with E-state index in [1.807, 2.05) is 43.3 Å². The zero-order valence-corrected chi connectivity index (χ0v) is 10.6. The summed E-state index contributed by atoms with van der Waals surface area (Å²) in [5, 5.41) is 0.734. The zero-order valence-electron chi connectivity index (χ0n) is 9.87. The Morgan fingerprint density at radius 1 is 1.17 bits per heavy atom. The molecule has 3 nitrogen and oxygen atoms in total. The molecule has 0 fully saturated rings. The van der Waals surface area contributed by atoms with Gasteiger partial charge in [-0.05, 0) is 48.9 Å². The smallest absolute Gasteiger partial charge is 0.138 e. The van der Waals surface area contributed by atoms with Crippen LogP contribution in [-0.4, -0.2) is 9.97 Å².